The molecule has 1 N–H and O–H groups in total. The fourth-order valence-electron chi connectivity index (χ4n) is 1.93. The van der Waals surface area contributed by atoms with Crippen LogP contribution >= 0.6 is 0 Å². The van der Waals surface area contributed by atoms with Gasteiger partial charge in [0.05, 0.1) is 17.0 Å². The van der Waals surface area contributed by atoms with Gasteiger partial charge in [-0.3, -0.25) is 19.9 Å². The van der Waals surface area contributed by atoms with E-state index >= 15 is 0 Å². The molecule has 0 unspecified atom stereocenters. The van der Waals surface area contributed by atoms with Gasteiger partial charge in [0.25, 0.3) is 5.69 Å². The maximum absolute atomic E-state index is 11.7. The first-order valence-electron chi connectivity index (χ1n) is 6.38. The molecule has 1 aromatic heterocycles. The molecule has 0 aliphatic carbocycles. The molecule has 0 radical (unpaired) electrons. The number of nitrogens with one attached hydrogen (secondary N) is 1. The molecule has 0 spiro atoms. The molecule has 1 amide bonds. The molecule has 1 aromatic carbocycles. The van der Waals surface area contributed by atoms with E-state index in [4.69, 9.17) is 0 Å². The van der Waals surface area contributed by atoms with Crippen molar-refractivity contribution in [3.8, 4) is 0 Å². The van der Waals surface area contributed by atoms with Crippen LogP contribution < -0.4 is 5.32 Å². The van der Waals surface area contributed by atoms with Gasteiger partial charge in [-0.1, -0.05) is 0 Å². The van der Waals surface area contributed by atoms with E-state index in [-0.39, 0.29) is 18.1 Å². The number of nitro groups is 1. The maximum Gasteiger partial charge on any atom is 0.270 e. The Balaban J connectivity index is 2.42. The normalized spacial score (nSPS) is 10.4. The van der Waals surface area contributed by atoms with Crippen molar-refractivity contribution in [3.05, 3.63) is 40.1 Å². The van der Waals surface area contributed by atoms with Gasteiger partial charge in [-0.2, -0.15) is 0 Å². The van der Waals surface area contributed by atoms with Gasteiger partial charge in [0.2, 0.25) is 5.91 Å². The van der Waals surface area contributed by atoms with Crippen molar-refractivity contribution in [2.24, 2.45) is 0 Å². The van der Waals surface area contributed by atoms with Gasteiger partial charge >= 0.3 is 0 Å². The van der Waals surface area contributed by atoms with Crippen LogP contribution in [0.3, 0.4) is 0 Å². The number of pyridine rings is 1. The standard InChI is InChI=1S/C14H16N4O3/c1-9-6-13(15-8-14(19)17(2)3)11-7-10(18(20)21)4-5-12(11)16-9/h4-7H,8H2,1-3H3,(H,15,16). The van der Waals surface area contributed by atoms with Crippen molar-refractivity contribution >= 4 is 28.2 Å². The highest BCUT2D eigenvalue weighted by atomic mass is 16.6. The second kappa shape index (κ2) is 5.74. The Kier molecular flexibility index (Phi) is 4.02. The summed E-state index contributed by atoms with van der Waals surface area (Å²) in [6.07, 6.45) is 0. The zero-order chi connectivity index (χ0) is 15.6. The minimum Gasteiger partial charge on any atom is -0.376 e. The number of amides is 1. The molecule has 7 nitrogen and oxygen atoms in total. The largest absolute Gasteiger partial charge is 0.376 e. The Bertz CT molecular complexity index is 713. The van der Waals surface area contributed by atoms with Crippen molar-refractivity contribution in [2.75, 3.05) is 26.0 Å². The summed E-state index contributed by atoms with van der Waals surface area (Å²) in [5, 5.41) is 14.5. The Labute approximate surface area is 121 Å². The Morgan fingerprint density at radius 1 is 1.38 bits per heavy atom. The quantitative estimate of drug-likeness (QED) is 0.686. The first-order chi connectivity index (χ1) is 9.88. The van der Waals surface area contributed by atoms with Crippen LogP contribution in [-0.4, -0.2) is 41.4 Å². The molecular weight excluding hydrogens is 272 g/mol. The lowest BCUT2D eigenvalue weighted by Gasteiger charge is -2.13. The Hall–Kier alpha value is -2.70. The average molecular weight is 288 g/mol. The summed E-state index contributed by atoms with van der Waals surface area (Å²) in [6, 6.07) is 6.27. The smallest absolute Gasteiger partial charge is 0.270 e. The molecule has 0 fully saturated rings. The van der Waals surface area contributed by atoms with E-state index in [9.17, 15) is 14.9 Å². The lowest BCUT2D eigenvalue weighted by Crippen LogP contribution is -2.28. The first kappa shape index (κ1) is 14.7. The molecule has 1 heterocycles. The van der Waals surface area contributed by atoms with Crippen molar-refractivity contribution in [3.63, 3.8) is 0 Å². The van der Waals surface area contributed by atoms with E-state index < -0.39 is 4.92 Å². The predicted molar refractivity (Wildman–Crippen MR) is 80.3 cm³/mol. The van der Waals surface area contributed by atoms with Crippen molar-refractivity contribution in [2.45, 2.75) is 6.92 Å². The molecule has 0 aliphatic heterocycles. The fraction of sp³-hybridized carbons (Fsp3) is 0.286. The molecule has 0 atom stereocenters. The third kappa shape index (κ3) is 3.25. The summed E-state index contributed by atoms with van der Waals surface area (Å²) in [4.78, 5) is 27.9. The summed E-state index contributed by atoms with van der Waals surface area (Å²) < 4.78 is 0. The maximum atomic E-state index is 11.7. The number of aromatic nitrogens is 1. The number of nitrogens with zero attached hydrogens (tertiary/aromatic N) is 3. The van der Waals surface area contributed by atoms with Crippen LogP contribution in [0.1, 0.15) is 5.69 Å². The Morgan fingerprint density at radius 2 is 2.10 bits per heavy atom. The van der Waals surface area contributed by atoms with Crippen LogP contribution in [0.4, 0.5) is 11.4 Å². The molecule has 21 heavy (non-hydrogen) atoms. The molecular formula is C14H16N4O3. The highest BCUT2D eigenvalue weighted by Crippen LogP contribution is 2.27. The number of carbonyl (C=O) groups excluding carboxylic acids is 1. The van der Waals surface area contributed by atoms with E-state index in [1.807, 2.05) is 6.92 Å². The number of benzene rings is 1. The number of likely N-dealkylation sites (N-methyl/N-ethyl adjacent to an activating group) is 1. The number of carbonyl (C=O) groups is 1. The minimum atomic E-state index is -0.450. The number of anilines is 1. The number of fused-ring (bicyclic) bond motifs is 1. The van der Waals surface area contributed by atoms with Crippen LogP contribution in [-0.2, 0) is 4.79 Å². The topological polar surface area (TPSA) is 88.4 Å². The number of hydrogen-bond donors (Lipinski definition) is 1. The molecule has 0 saturated carbocycles. The summed E-state index contributed by atoms with van der Waals surface area (Å²) in [5.41, 5.74) is 2.09. The van der Waals surface area contributed by atoms with Crippen molar-refractivity contribution < 1.29 is 9.72 Å². The van der Waals surface area contributed by atoms with Gasteiger partial charge in [0.1, 0.15) is 0 Å². The fourth-order valence-corrected chi connectivity index (χ4v) is 1.93. The van der Waals surface area contributed by atoms with Crippen molar-refractivity contribution in [1.82, 2.24) is 9.88 Å². The summed E-state index contributed by atoms with van der Waals surface area (Å²) in [7, 11) is 3.34. The highest BCUT2D eigenvalue weighted by Gasteiger charge is 2.12. The van der Waals surface area contributed by atoms with Crippen LogP contribution in [0.25, 0.3) is 10.9 Å². The zero-order valence-corrected chi connectivity index (χ0v) is 12.1. The molecule has 0 aliphatic rings. The molecule has 110 valence electrons. The molecule has 0 saturated heterocycles. The van der Waals surface area contributed by atoms with Gasteiger partial charge in [-0.25, -0.2) is 0 Å². The number of nitro benzene ring substituents is 1. The number of rotatable bonds is 4. The van der Waals surface area contributed by atoms with Gasteiger partial charge in [0.15, 0.2) is 0 Å². The van der Waals surface area contributed by atoms with E-state index in [0.717, 1.165) is 5.69 Å². The summed E-state index contributed by atoms with van der Waals surface area (Å²) >= 11 is 0. The van der Waals surface area contributed by atoms with Gasteiger partial charge < -0.3 is 10.2 Å². The lowest BCUT2D eigenvalue weighted by molar-refractivity contribution is -0.384. The monoisotopic (exact) mass is 288 g/mol. The van der Waals surface area contributed by atoms with Crippen LogP contribution in [0.15, 0.2) is 24.3 Å². The van der Waals surface area contributed by atoms with E-state index in [1.54, 1.807) is 26.2 Å². The third-order valence-corrected chi connectivity index (χ3v) is 3.06. The number of hydrogen-bond acceptors (Lipinski definition) is 5. The average Bonchev–Trinajstić information content (AvgIpc) is 2.43. The SMILES string of the molecule is Cc1cc(NCC(=O)N(C)C)c2cc([N+](=O)[O-])ccc2n1. The molecule has 2 aromatic rings. The lowest BCUT2D eigenvalue weighted by atomic mass is 10.1. The summed E-state index contributed by atoms with van der Waals surface area (Å²) in [5.74, 6) is -0.0805. The van der Waals surface area contributed by atoms with Crippen LogP contribution in [0, 0.1) is 17.0 Å². The minimum absolute atomic E-state index is 0.00450. The predicted octanol–water partition coefficient (Wildman–Crippen LogP) is 1.95. The van der Waals surface area contributed by atoms with E-state index in [0.29, 0.717) is 16.6 Å². The van der Waals surface area contributed by atoms with Crippen LogP contribution in [0.2, 0.25) is 0 Å². The van der Waals surface area contributed by atoms with Gasteiger partial charge in [0, 0.05) is 43.0 Å². The second-order valence-electron chi connectivity index (χ2n) is 4.91. The van der Waals surface area contributed by atoms with Crippen molar-refractivity contribution in [1.29, 1.82) is 0 Å². The molecule has 0 bridgehead atoms. The third-order valence-electron chi connectivity index (χ3n) is 3.06. The van der Waals surface area contributed by atoms with Gasteiger partial charge in [-0.15, -0.1) is 0 Å². The van der Waals surface area contributed by atoms with Crippen LogP contribution in [0.5, 0.6) is 0 Å². The van der Waals surface area contributed by atoms with E-state index in [2.05, 4.69) is 10.3 Å². The summed E-state index contributed by atoms with van der Waals surface area (Å²) in [6.45, 7) is 1.95. The van der Waals surface area contributed by atoms with E-state index in [1.165, 1.54) is 17.0 Å². The second-order valence-corrected chi connectivity index (χ2v) is 4.91. The molecule has 2 rings (SSSR count). The van der Waals surface area contributed by atoms with Gasteiger partial charge in [-0.05, 0) is 19.1 Å². The number of non-ortho nitro benzene ring substituents is 1. The number of aryl methyl sites for hydroxylation is 1. The first-order valence-corrected chi connectivity index (χ1v) is 6.38. The molecule has 7 heteroatoms. The highest BCUT2D eigenvalue weighted by molar-refractivity contribution is 5.94. The zero-order valence-electron chi connectivity index (χ0n) is 12.1. The Morgan fingerprint density at radius 3 is 2.71 bits per heavy atom.